The van der Waals surface area contributed by atoms with Gasteiger partial charge in [0.1, 0.15) is 5.65 Å². The molecule has 29 heavy (non-hydrogen) atoms. The Labute approximate surface area is 167 Å². The molecule has 8 nitrogen and oxygen atoms in total. The van der Waals surface area contributed by atoms with E-state index < -0.39 is 0 Å². The quantitative estimate of drug-likeness (QED) is 0.485. The zero-order valence-electron chi connectivity index (χ0n) is 16.1. The number of fused-ring (bicyclic) bond motifs is 2. The van der Waals surface area contributed by atoms with Crippen LogP contribution in [0.5, 0.6) is 0 Å². The summed E-state index contributed by atoms with van der Waals surface area (Å²) in [5.41, 5.74) is 4.92. The largest absolute Gasteiger partial charge is 0.354 e. The van der Waals surface area contributed by atoms with Crippen molar-refractivity contribution >= 4 is 22.5 Å². The Morgan fingerprint density at radius 2 is 2.17 bits per heavy atom. The van der Waals surface area contributed by atoms with Crippen molar-refractivity contribution in [2.45, 2.75) is 31.7 Å². The van der Waals surface area contributed by atoms with Crippen molar-refractivity contribution < 1.29 is 4.79 Å². The number of amides is 1. The number of rotatable bonds is 5. The number of aromatic nitrogens is 5. The highest BCUT2D eigenvalue weighted by Gasteiger charge is 2.20. The Kier molecular flexibility index (Phi) is 4.69. The Bertz CT molecular complexity index is 1160. The number of hydrogen-bond acceptors (Lipinski definition) is 5. The minimum atomic E-state index is -0.0519. The molecule has 0 spiro atoms. The highest BCUT2D eigenvalue weighted by atomic mass is 16.2. The fraction of sp³-hybridized carbons (Fsp3) is 0.333. The summed E-state index contributed by atoms with van der Waals surface area (Å²) < 4.78 is 1.63. The van der Waals surface area contributed by atoms with Crippen LogP contribution < -0.4 is 10.6 Å². The van der Waals surface area contributed by atoms with Gasteiger partial charge in [-0.15, -0.1) is 0 Å². The number of H-pyrrole nitrogens is 1. The maximum Gasteiger partial charge on any atom is 0.237 e. The van der Waals surface area contributed by atoms with E-state index in [9.17, 15) is 4.79 Å². The average Bonchev–Trinajstić information content (AvgIpc) is 3.38. The summed E-state index contributed by atoms with van der Waals surface area (Å²) in [4.78, 5) is 20.1. The third-order valence-corrected chi connectivity index (χ3v) is 5.50. The first-order chi connectivity index (χ1) is 14.3. The highest BCUT2D eigenvalue weighted by molar-refractivity contribution is 5.97. The molecule has 3 N–H and O–H groups in total. The summed E-state index contributed by atoms with van der Waals surface area (Å²) >= 11 is 0. The third-order valence-electron chi connectivity index (χ3n) is 5.50. The molecule has 8 heteroatoms. The Morgan fingerprint density at radius 1 is 1.21 bits per heavy atom. The molecule has 0 bridgehead atoms. The van der Waals surface area contributed by atoms with Crippen molar-refractivity contribution in [3.05, 3.63) is 48.5 Å². The minimum Gasteiger partial charge on any atom is -0.354 e. The van der Waals surface area contributed by atoms with Gasteiger partial charge in [0.2, 0.25) is 5.91 Å². The molecule has 0 saturated carbocycles. The van der Waals surface area contributed by atoms with E-state index in [4.69, 9.17) is 0 Å². The van der Waals surface area contributed by atoms with E-state index in [0.717, 1.165) is 65.6 Å². The molecular formula is C21H23N7O. The summed E-state index contributed by atoms with van der Waals surface area (Å²) in [6, 6.07) is 7.97. The van der Waals surface area contributed by atoms with Crippen LogP contribution in [0, 0.1) is 0 Å². The smallest absolute Gasteiger partial charge is 0.237 e. The van der Waals surface area contributed by atoms with E-state index in [-0.39, 0.29) is 11.9 Å². The van der Waals surface area contributed by atoms with Gasteiger partial charge < -0.3 is 15.6 Å². The maximum absolute atomic E-state index is 12.3. The van der Waals surface area contributed by atoms with Gasteiger partial charge in [-0.2, -0.15) is 14.8 Å². The molecule has 0 aromatic carbocycles. The molecule has 1 unspecified atom stereocenters. The van der Waals surface area contributed by atoms with E-state index in [0.29, 0.717) is 6.54 Å². The third kappa shape index (κ3) is 3.47. The van der Waals surface area contributed by atoms with Gasteiger partial charge in [-0.3, -0.25) is 4.79 Å². The molecule has 148 valence electrons. The van der Waals surface area contributed by atoms with Crippen LogP contribution in [-0.4, -0.2) is 49.8 Å². The van der Waals surface area contributed by atoms with Gasteiger partial charge in [0, 0.05) is 42.0 Å². The molecule has 1 aliphatic rings. The first-order valence-electron chi connectivity index (χ1n) is 10.1. The fourth-order valence-corrected chi connectivity index (χ4v) is 4.01. The lowest BCUT2D eigenvalue weighted by atomic mass is 10.0. The molecule has 1 aliphatic heterocycles. The molecular weight excluding hydrogens is 366 g/mol. The molecule has 1 amide bonds. The van der Waals surface area contributed by atoms with Crippen molar-refractivity contribution in [1.29, 1.82) is 0 Å². The zero-order valence-corrected chi connectivity index (χ0v) is 16.1. The summed E-state index contributed by atoms with van der Waals surface area (Å²) in [5.74, 6) is 0.0958. The molecule has 1 saturated heterocycles. The van der Waals surface area contributed by atoms with E-state index in [1.165, 1.54) is 0 Å². The summed E-state index contributed by atoms with van der Waals surface area (Å²) in [7, 11) is 0. The van der Waals surface area contributed by atoms with Crippen LogP contribution in [0.4, 0.5) is 0 Å². The minimum absolute atomic E-state index is 0.0519. The molecule has 4 aromatic rings. The number of nitrogens with zero attached hydrogens (tertiary/aromatic N) is 4. The topological polar surface area (TPSA) is 100 Å². The number of aromatic amines is 1. The van der Waals surface area contributed by atoms with Crippen LogP contribution in [-0.2, 0) is 11.2 Å². The van der Waals surface area contributed by atoms with Gasteiger partial charge in [-0.25, -0.2) is 4.98 Å². The first kappa shape index (κ1) is 17.8. The van der Waals surface area contributed by atoms with Crippen LogP contribution in [0.25, 0.3) is 27.7 Å². The van der Waals surface area contributed by atoms with Crippen LogP contribution in [0.2, 0.25) is 0 Å². The second-order valence-electron chi connectivity index (χ2n) is 7.42. The highest BCUT2D eigenvalue weighted by Crippen LogP contribution is 2.30. The second kappa shape index (κ2) is 7.63. The molecule has 4 aromatic heterocycles. The van der Waals surface area contributed by atoms with Crippen LogP contribution in [0.15, 0.2) is 42.9 Å². The number of carbonyl (C=O) groups excluding carboxylic acids is 1. The molecule has 0 radical (unpaired) electrons. The zero-order chi connectivity index (χ0) is 19.6. The van der Waals surface area contributed by atoms with Crippen LogP contribution in [0.3, 0.4) is 0 Å². The first-order valence-corrected chi connectivity index (χ1v) is 10.1. The Morgan fingerprint density at radius 3 is 3.07 bits per heavy atom. The van der Waals surface area contributed by atoms with Crippen LogP contribution >= 0.6 is 0 Å². The summed E-state index contributed by atoms with van der Waals surface area (Å²) in [6.45, 7) is 1.52. The summed E-state index contributed by atoms with van der Waals surface area (Å²) in [5, 5.41) is 16.0. The maximum atomic E-state index is 12.3. The summed E-state index contributed by atoms with van der Waals surface area (Å²) in [6.07, 6.45) is 9.26. The lowest BCUT2D eigenvalue weighted by molar-refractivity contribution is -0.123. The Hall–Kier alpha value is -3.26. The van der Waals surface area contributed by atoms with Crippen molar-refractivity contribution in [2.75, 3.05) is 13.1 Å². The second-order valence-corrected chi connectivity index (χ2v) is 7.42. The lowest BCUT2D eigenvalue weighted by Gasteiger charge is -2.22. The van der Waals surface area contributed by atoms with Gasteiger partial charge in [0.25, 0.3) is 0 Å². The van der Waals surface area contributed by atoms with Crippen LogP contribution in [0.1, 0.15) is 25.0 Å². The predicted octanol–water partition coefficient (Wildman–Crippen LogP) is 2.07. The number of piperidine rings is 1. The van der Waals surface area contributed by atoms with E-state index in [2.05, 4.69) is 36.9 Å². The molecule has 0 aliphatic carbocycles. The van der Waals surface area contributed by atoms with Crippen molar-refractivity contribution in [3.8, 4) is 11.1 Å². The van der Waals surface area contributed by atoms with Crippen molar-refractivity contribution in [3.63, 3.8) is 0 Å². The lowest BCUT2D eigenvalue weighted by Crippen LogP contribution is -2.47. The molecule has 1 atom stereocenters. The monoisotopic (exact) mass is 389 g/mol. The van der Waals surface area contributed by atoms with Gasteiger partial charge in [0.05, 0.1) is 17.8 Å². The Balaban J connectivity index is 1.34. The number of hydrogen-bond donors (Lipinski definition) is 3. The normalized spacial score (nSPS) is 17.0. The van der Waals surface area contributed by atoms with E-state index >= 15 is 0 Å². The van der Waals surface area contributed by atoms with E-state index in [1.54, 1.807) is 17.0 Å². The molecule has 1 fully saturated rings. The van der Waals surface area contributed by atoms with Crippen molar-refractivity contribution in [1.82, 2.24) is 35.4 Å². The standard InChI is InChI=1S/C21H23N7O/c29-21(18-4-1-2-8-22-18)24-10-6-14-12-16-15(7-11-23-20(16)27-14)17-13-26-28-19(17)5-3-9-25-28/h3,5,7,9,11-13,18,22H,1-2,4,6,8,10H2,(H,23,27)(H,24,29). The van der Waals surface area contributed by atoms with Gasteiger partial charge in [-0.1, -0.05) is 6.42 Å². The SMILES string of the molecule is O=C(NCCc1cc2c(-c3cnn4ncccc34)ccnc2[nH]1)C1CCCCN1. The number of pyridine rings is 1. The predicted molar refractivity (Wildman–Crippen MR) is 110 cm³/mol. The molecule has 5 heterocycles. The number of carbonyl (C=O) groups is 1. The van der Waals surface area contributed by atoms with Gasteiger partial charge in [-0.05, 0) is 49.2 Å². The number of nitrogens with one attached hydrogen (secondary N) is 3. The van der Waals surface area contributed by atoms with E-state index in [1.807, 2.05) is 24.4 Å². The van der Waals surface area contributed by atoms with Gasteiger partial charge >= 0.3 is 0 Å². The fourth-order valence-electron chi connectivity index (χ4n) is 4.01. The molecule has 5 rings (SSSR count). The van der Waals surface area contributed by atoms with Crippen molar-refractivity contribution in [2.24, 2.45) is 0 Å². The average molecular weight is 389 g/mol. The van der Waals surface area contributed by atoms with Gasteiger partial charge in [0.15, 0.2) is 0 Å².